The summed E-state index contributed by atoms with van der Waals surface area (Å²) in [4.78, 5) is 13.1. The molecule has 0 aliphatic heterocycles. The molecule has 40 heavy (non-hydrogen) atoms. The molecule has 0 aliphatic rings. The van der Waals surface area contributed by atoms with Crippen LogP contribution in [-0.4, -0.2) is 36.9 Å². The summed E-state index contributed by atoms with van der Waals surface area (Å²) in [6, 6.07) is 18.3. The van der Waals surface area contributed by atoms with Gasteiger partial charge in [0.05, 0.1) is 14.1 Å². The van der Waals surface area contributed by atoms with Crippen LogP contribution in [0.3, 0.4) is 0 Å². The molecular weight excluding hydrogens is 494 g/mol. The topological polar surface area (TPSA) is 35.5 Å². The van der Waals surface area contributed by atoms with E-state index in [1.807, 2.05) is 31.2 Å². The van der Waals surface area contributed by atoms with Crippen molar-refractivity contribution in [1.82, 2.24) is 0 Å². The van der Waals surface area contributed by atoms with Crippen LogP contribution in [0.1, 0.15) is 122 Å². The Hall–Kier alpha value is -2.33. The van der Waals surface area contributed by atoms with Gasteiger partial charge in [-0.05, 0) is 43.9 Å². The van der Waals surface area contributed by atoms with E-state index in [9.17, 15) is 4.79 Å². The van der Waals surface area contributed by atoms with Crippen molar-refractivity contribution in [3.63, 3.8) is 0 Å². The van der Waals surface area contributed by atoms with Crippen molar-refractivity contribution in [3.05, 3.63) is 65.7 Å². The molecule has 0 amide bonds. The molecule has 2 rings (SSSR count). The van der Waals surface area contributed by atoms with Crippen molar-refractivity contribution >= 4 is 5.97 Å². The fraction of sp³-hybridized carbons (Fsp3) is 0.639. The summed E-state index contributed by atoms with van der Waals surface area (Å²) in [7, 11) is 4.15. The van der Waals surface area contributed by atoms with Crippen LogP contribution in [0, 0.1) is 0 Å². The Labute approximate surface area is 246 Å². The second kappa shape index (κ2) is 19.7. The highest BCUT2D eigenvalue weighted by molar-refractivity contribution is 5.74. The minimum Gasteiger partial charge on any atom is -0.455 e. The molecule has 4 nitrogen and oxygen atoms in total. The van der Waals surface area contributed by atoms with E-state index >= 15 is 0 Å². The maximum atomic E-state index is 13.1. The van der Waals surface area contributed by atoms with Gasteiger partial charge in [-0.15, -0.1) is 0 Å². The number of carbonyl (C=O) groups is 1. The molecular formula is C36H58NO3+. The van der Waals surface area contributed by atoms with Crippen LogP contribution in [0.15, 0.2) is 54.6 Å². The second-order valence-corrected chi connectivity index (χ2v) is 12.2. The monoisotopic (exact) mass is 552 g/mol. The lowest BCUT2D eigenvalue weighted by molar-refractivity contribution is -0.917. The summed E-state index contributed by atoms with van der Waals surface area (Å²) in [6.45, 7) is 7.08. The van der Waals surface area contributed by atoms with Crippen molar-refractivity contribution in [1.29, 1.82) is 0 Å². The Morgan fingerprint density at radius 1 is 0.725 bits per heavy atom. The number of nitrogens with zero attached hydrogens (tertiary/aromatic N) is 1. The second-order valence-electron chi connectivity index (χ2n) is 12.2. The molecule has 0 saturated carbocycles. The van der Waals surface area contributed by atoms with Crippen molar-refractivity contribution in [2.75, 3.05) is 14.1 Å². The number of quaternary nitrogens is 1. The van der Waals surface area contributed by atoms with Gasteiger partial charge in [-0.2, -0.15) is 0 Å². The van der Waals surface area contributed by atoms with Gasteiger partial charge in [-0.1, -0.05) is 127 Å². The third-order valence-corrected chi connectivity index (χ3v) is 8.08. The molecule has 0 aliphatic carbocycles. The first-order valence-corrected chi connectivity index (χ1v) is 16.2. The summed E-state index contributed by atoms with van der Waals surface area (Å²) in [5, 5.41) is 0. The Kier molecular flexibility index (Phi) is 16.7. The summed E-state index contributed by atoms with van der Waals surface area (Å²) in [6.07, 6.45) is 18.4. The quantitative estimate of drug-likeness (QED) is 0.0631. The normalized spacial score (nSPS) is 13.1. The molecule has 0 bridgehead atoms. The van der Waals surface area contributed by atoms with Gasteiger partial charge in [-0.25, -0.2) is 4.79 Å². The Morgan fingerprint density at radius 3 is 1.90 bits per heavy atom. The van der Waals surface area contributed by atoms with Gasteiger partial charge in [-0.3, -0.25) is 0 Å². The largest absolute Gasteiger partial charge is 0.455 e. The molecule has 224 valence electrons. The highest BCUT2D eigenvalue weighted by Gasteiger charge is 2.34. The number of unbranched alkanes of at least 4 members (excludes halogenated alkanes) is 11. The summed E-state index contributed by atoms with van der Waals surface area (Å²) in [5.74, 6) is 0.570. The van der Waals surface area contributed by atoms with E-state index in [4.69, 9.17) is 9.47 Å². The lowest BCUT2D eigenvalue weighted by atomic mass is 10.0. The van der Waals surface area contributed by atoms with Crippen LogP contribution in [-0.2, 0) is 22.5 Å². The zero-order valence-electron chi connectivity index (χ0n) is 26.3. The van der Waals surface area contributed by atoms with Crippen LogP contribution in [0.2, 0.25) is 0 Å². The van der Waals surface area contributed by atoms with Crippen LogP contribution >= 0.6 is 0 Å². The zero-order chi connectivity index (χ0) is 29.1. The fourth-order valence-electron chi connectivity index (χ4n) is 5.18. The van der Waals surface area contributed by atoms with Gasteiger partial charge >= 0.3 is 5.97 Å². The number of aryl methyl sites for hydroxylation is 1. The maximum absolute atomic E-state index is 13.1. The number of benzene rings is 2. The molecule has 0 radical (unpaired) electrons. The first kappa shape index (κ1) is 33.9. The number of carbonyl (C=O) groups excluding carboxylic acids is 1. The van der Waals surface area contributed by atoms with Gasteiger partial charge in [0, 0.05) is 12.0 Å². The lowest BCUT2D eigenvalue weighted by Crippen LogP contribution is -2.52. The molecule has 2 atom stereocenters. The Balaban J connectivity index is 1.74. The van der Waals surface area contributed by atoms with Crippen LogP contribution < -0.4 is 4.74 Å². The van der Waals surface area contributed by atoms with Crippen LogP contribution in [0.5, 0.6) is 5.75 Å². The van der Waals surface area contributed by atoms with E-state index < -0.39 is 6.29 Å². The number of hydrogen-bond acceptors (Lipinski definition) is 3. The average Bonchev–Trinajstić information content (AvgIpc) is 2.94. The van der Waals surface area contributed by atoms with E-state index in [2.05, 4.69) is 58.3 Å². The Morgan fingerprint density at radius 2 is 1.30 bits per heavy atom. The van der Waals surface area contributed by atoms with Crippen LogP contribution in [0.4, 0.5) is 0 Å². The molecule has 2 aromatic rings. The molecule has 0 aromatic heterocycles. The fourth-order valence-corrected chi connectivity index (χ4v) is 5.18. The van der Waals surface area contributed by atoms with Gasteiger partial charge in [0.15, 0.2) is 6.04 Å². The van der Waals surface area contributed by atoms with Crippen LogP contribution in [0.25, 0.3) is 0 Å². The van der Waals surface area contributed by atoms with E-state index in [1.54, 1.807) is 0 Å². The van der Waals surface area contributed by atoms with Gasteiger partial charge in [0.25, 0.3) is 0 Å². The number of ether oxygens (including phenoxy) is 2. The van der Waals surface area contributed by atoms with E-state index in [0.29, 0.717) is 10.9 Å². The zero-order valence-corrected chi connectivity index (χ0v) is 26.3. The van der Waals surface area contributed by atoms with Crippen molar-refractivity contribution < 1.29 is 18.8 Å². The Bertz CT molecular complexity index is 927. The minimum atomic E-state index is -0.571. The SMILES string of the molecule is CCCCCCCCCCCCCCc1cccc(OC(CCC)OC(=O)C(C)[N+](C)(C)Cc2ccccc2)c1. The molecule has 0 spiro atoms. The van der Waals surface area contributed by atoms with Crippen molar-refractivity contribution in [2.24, 2.45) is 0 Å². The van der Waals surface area contributed by atoms with E-state index in [0.717, 1.165) is 25.1 Å². The molecule has 0 N–H and O–H groups in total. The molecule has 0 saturated heterocycles. The molecule has 4 heteroatoms. The van der Waals surface area contributed by atoms with Gasteiger partial charge in [0.2, 0.25) is 6.29 Å². The molecule has 0 heterocycles. The van der Waals surface area contributed by atoms with E-state index in [-0.39, 0.29) is 12.0 Å². The molecule has 2 aromatic carbocycles. The highest BCUT2D eigenvalue weighted by Crippen LogP contribution is 2.21. The summed E-state index contributed by atoms with van der Waals surface area (Å²) in [5.41, 5.74) is 2.50. The summed E-state index contributed by atoms with van der Waals surface area (Å²) >= 11 is 0. The molecule has 2 unspecified atom stereocenters. The maximum Gasteiger partial charge on any atom is 0.367 e. The molecule has 0 fully saturated rings. The predicted molar refractivity (Wildman–Crippen MR) is 168 cm³/mol. The highest BCUT2D eigenvalue weighted by atomic mass is 16.7. The third kappa shape index (κ3) is 13.8. The van der Waals surface area contributed by atoms with E-state index in [1.165, 1.54) is 88.2 Å². The van der Waals surface area contributed by atoms with Crippen molar-refractivity contribution in [2.45, 2.75) is 136 Å². The first-order valence-electron chi connectivity index (χ1n) is 16.2. The standard InChI is InChI=1S/C36H58NO3/c1-6-8-9-10-11-12-13-14-15-16-17-19-24-32-27-22-28-34(29-32)39-35(23-7-2)40-36(38)31(3)37(4,5)30-33-25-20-18-21-26-33/h18,20-22,25-29,31,35H,6-17,19,23-24,30H2,1-5H3/q+1. The van der Waals surface area contributed by atoms with Gasteiger partial charge < -0.3 is 14.0 Å². The first-order chi connectivity index (χ1) is 19.4. The predicted octanol–water partition coefficient (Wildman–Crippen LogP) is 9.64. The summed E-state index contributed by atoms with van der Waals surface area (Å²) < 4.78 is 12.7. The third-order valence-electron chi connectivity index (χ3n) is 8.08. The number of esters is 1. The lowest BCUT2D eigenvalue weighted by Gasteiger charge is -2.35. The minimum absolute atomic E-state index is 0.216. The van der Waals surface area contributed by atoms with Crippen molar-refractivity contribution in [3.8, 4) is 5.75 Å². The smallest absolute Gasteiger partial charge is 0.367 e. The average molecular weight is 553 g/mol. The number of hydrogen-bond donors (Lipinski definition) is 0. The number of likely N-dealkylation sites (N-methyl/N-ethyl adjacent to an activating group) is 1. The number of rotatable bonds is 22. The van der Waals surface area contributed by atoms with Gasteiger partial charge in [0.1, 0.15) is 12.3 Å².